The predicted molar refractivity (Wildman–Crippen MR) is 98.2 cm³/mol. The molecule has 0 aliphatic heterocycles. The quantitative estimate of drug-likeness (QED) is 0.509. The Hall–Kier alpha value is -2.45. The van der Waals surface area contributed by atoms with E-state index in [1.54, 1.807) is 25.3 Å². The lowest BCUT2D eigenvalue weighted by Gasteiger charge is -2.04. The van der Waals surface area contributed by atoms with Crippen molar-refractivity contribution in [1.29, 1.82) is 0 Å². The Balaban J connectivity index is 2.03. The van der Waals surface area contributed by atoms with Crippen LogP contribution in [0.25, 0.3) is 11.4 Å². The summed E-state index contributed by atoms with van der Waals surface area (Å²) >= 11 is 8.60. The van der Waals surface area contributed by atoms with Crippen molar-refractivity contribution < 1.29 is 9.84 Å². The van der Waals surface area contributed by atoms with Crippen molar-refractivity contribution in [3.63, 3.8) is 0 Å². The maximum absolute atomic E-state index is 9.90. The minimum atomic E-state index is 0.125. The van der Waals surface area contributed by atoms with Crippen molar-refractivity contribution >= 4 is 34.4 Å². The Morgan fingerprint density at radius 2 is 2.17 bits per heavy atom. The summed E-state index contributed by atoms with van der Waals surface area (Å²) < 4.78 is 7.91. The first-order chi connectivity index (χ1) is 11.6. The van der Waals surface area contributed by atoms with Crippen LogP contribution >= 0.6 is 28.1 Å². The zero-order valence-electron chi connectivity index (χ0n) is 12.6. The van der Waals surface area contributed by atoms with E-state index in [-0.39, 0.29) is 5.75 Å². The Labute approximate surface area is 151 Å². The lowest BCUT2D eigenvalue weighted by Crippen LogP contribution is -1.95. The predicted octanol–water partition coefficient (Wildman–Crippen LogP) is 3.97. The van der Waals surface area contributed by atoms with Crippen LogP contribution in [-0.4, -0.2) is 33.3 Å². The first-order valence-electron chi connectivity index (χ1n) is 6.93. The zero-order valence-corrected chi connectivity index (χ0v) is 15.0. The highest BCUT2D eigenvalue weighted by molar-refractivity contribution is 9.10. The van der Waals surface area contributed by atoms with Crippen molar-refractivity contribution in [2.24, 2.45) is 5.10 Å². The average Bonchev–Trinajstić information content (AvgIpc) is 2.96. The molecular weight excluding hydrogens is 392 g/mol. The number of nitrogens with one attached hydrogen (secondary N) is 1. The smallest absolute Gasteiger partial charge is 0.216 e. The Morgan fingerprint density at radius 1 is 1.33 bits per heavy atom. The fourth-order valence-electron chi connectivity index (χ4n) is 2.10. The Kier molecular flexibility index (Phi) is 4.77. The molecule has 0 spiro atoms. The number of H-pyrrole nitrogens is 1. The number of aromatic nitrogens is 3. The van der Waals surface area contributed by atoms with Crippen LogP contribution < -0.4 is 4.74 Å². The van der Waals surface area contributed by atoms with Gasteiger partial charge in [-0.25, -0.2) is 5.10 Å². The van der Waals surface area contributed by atoms with Gasteiger partial charge in [0.1, 0.15) is 11.5 Å². The molecule has 2 aromatic carbocycles. The third-order valence-corrected chi connectivity index (χ3v) is 4.04. The summed E-state index contributed by atoms with van der Waals surface area (Å²) in [5.74, 6) is 1.38. The van der Waals surface area contributed by atoms with E-state index < -0.39 is 0 Å². The van der Waals surface area contributed by atoms with Crippen LogP contribution in [0.15, 0.2) is 52.0 Å². The number of halogens is 1. The molecular formula is C16H13BrN4O2S. The summed E-state index contributed by atoms with van der Waals surface area (Å²) in [5, 5.41) is 21.2. The van der Waals surface area contributed by atoms with E-state index in [9.17, 15) is 5.11 Å². The second-order valence-electron chi connectivity index (χ2n) is 4.84. The minimum Gasteiger partial charge on any atom is -0.507 e. The van der Waals surface area contributed by atoms with Gasteiger partial charge in [-0.15, -0.1) is 0 Å². The topological polar surface area (TPSA) is 75.4 Å². The van der Waals surface area contributed by atoms with Crippen molar-refractivity contribution in [1.82, 2.24) is 14.9 Å². The highest BCUT2D eigenvalue weighted by Crippen LogP contribution is 2.23. The van der Waals surface area contributed by atoms with Gasteiger partial charge in [0.15, 0.2) is 5.82 Å². The number of aromatic amines is 1. The van der Waals surface area contributed by atoms with E-state index in [0.717, 1.165) is 10.0 Å². The van der Waals surface area contributed by atoms with Crippen LogP contribution in [0.1, 0.15) is 5.56 Å². The Bertz CT molecular complexity index is 965. The highest BCUT2D eigenvalue weighted by atomic mass is 79.9. The molecule has 1 heterocycles. The van der Waals surface area contributed by atoms with Crippen molar-refractivity contribution in [2.45, 2.75) is 0 Å². The van der Waals surface area contributed by atoms with Crippen molar-refractivity contribution in [2.75, 3.05) is 7.11 Å². The summed E-state index contributed by atoms with van der Waals surface area (Å²) in [6.07, 6.45) is 1.52. The standard InChI is InChI=1S/C16H13BrN4O2S/c1-23-13-4-2-3-10(8-13)15-19-20-16(24)21(15)18-9-11-7-12(17)5-6-14(11)22/h2-9,22H,1H3,(H,20,24)/b18-9+. The molecule has 0 saturated carbocycles. The molecule has 2 N–H and O–H groups in total. The number of benzene rings is 2. The molecule has 0 aliphatic carbocycles. The van der Waals surface area contributed by atoms with Crippen LogP contribution in [-0.2, 0) is 0 Å². The molecule has 0 unspecified atom stereocenters. The number of hydrogen-bond donors (Lipinski definition) is 2. The van der Waals surface area contributed by atoms with Gasteiger partial charge in [-0.05, 0) is 42.5 Å². The molecule has 0 bridgehead atoms. The molecule has 1 aromatic heterocycles. The van der Waals surface area contributed by atoms with Gasteiger partial charge in [0.25, 0.3) is 0 Å². The molecule has 0 saturated heterocycles. The molecule has 0 aliphatic rings. The second kappa shape index (κ2) is 6.98. The molecule has 122 valence electrons. The third kappa shape index (κ3) is 3.39. The molecule has 0 atom stereocenters. The maximum atomic E-state index is 9.90. The number of hydrogen-bond acceptors (Lipinski definition) is 5. The summed E-state index contributed by atoms with van der Waals surface area (Å²) in [5.41, 5.74) is 1.36. The van der Waals surface area contributed by atoms with Crippen LogP contribution in [0.3, 0.4) is 0 Å². The fourth-order valence-corrected chi connectivity index (χ4v) is 2.65. The molecule has 0 radical (unpaired) electrons. The SMILES string of the molecule is COc1cccc(-c2n[nH]c(=S)n2/N=C/c2cc(Br)ccc2O)c1. The van der Waals surface area contributed by atoms with E-state index in [0.29, 0.717) is 21.9 Å². The van der Waals surface area contributed by atoms with E-state index in [1.807, 2.05) is 24.3 Å². The van der Waals surface area contributed by atoms with E-state index in [4.69, 9.17) is 17.0 Å². The highest BCUT2D eigenvalue weighted by Gasteiger charge is 2.09. The number of ether oxygens (including phenoxy) is 1. The first-order valence-corrected chi connectivity index (χ1v) is 8.13. The van der Waals surface area contributed by atoms with E-state index >= 15 is 0 Å². The van der Waals surface area contributed by atoms with Gasteiger partial charge in [-0.1, -0.05) is 28.1 Å². The second-order valence-corrected chi connectivity index (χ2v) is 6.15. The number of phenols is 1. The number of rotatable bonds is 4. The van der Waals surface area contributed by atoms with Crippen LogP contribution in [0.4, 0.5) is 0 Å². The molecule has 0 amide bonds. The summed E-state index contributed by atoms with van der Waals surface area (Å²) in [6, 6.07) is 12.5. The molecule has 3 rings (SSSR count). The summed E-state index contributed by atoms with van der Waals surface area (Å²) in [7, 11) is 1.60. The third-order valence-electron chi connectivity index (χ3n) is 3.28. The molecule has 0 fully saturated rings. The molecule has 24 heavy (non-hydrogen) atoms. The van der Waals surface area contributed by atoms with Gasteiger partial charge in [0.05, 0.1) is 13.3 Å². The van der Waals surface area contributed by atoms with Crippen molar-refractivity contribution in [3.05, 3.63) is 57.3 Å². The van der Waals surface area contributed by atoms with Crippen LogP contribution in [0, 0.1) is 4.77 Å². The van der Waals surface area contributed by atoms with E-state index in [2.05, 4.69) is 31.2 Å². The summed E-state index contributed by atoms with van der Waals surface area (Å²) in [4.78, 5) is 0. The first kappa shape index (κ1) is 16.4. The van der Waals surface area contributed by atoms with Gasteiger partial charge in [-0.2, -0.15) is 14.9 Å². The van der Waals surface area contributed by atoms with Gasteiger partial charge < -0.3 is 9.84 Å². The fraction of sp³-hybridized carbons (Fsp3) is 0.0625. The summed E-state index contributed by atoms with van der Waals surface area (Å²) in [6.45, 7) is 0. The number of aromatic hydroxyl groups is 1. The molecule has 3 aromatic rings. The van der Waals surface area contributed by atoms with Gasteiger partial charge in [0, 0.05) is 15.6 Å². The normalized spacial score (nSPS) is 11.1. The van der Waals surface area contributed by atoms with Crippen LogP contribution in [0.2, 0.25) is 0 Å². The van der Waals surface area contributed by atoms with Crippen molar-refractivity contribution in [3.8, 4) is 22.9 Å². The Morgan fingerprint density at radius 3 is 2.96 bits per heavy atom. The van der Waals surface area contributed by atoms with Gasteiger partial charge in [0.2, 0.25) is 4.77 Å². The minimum absolute atomic E-state index is 0.125. The molecule has 6 nitrogen and oxygen atoms in total. The van der Waals surface area contributed by atoms with E-state index in [1.165, 1.54) is 10.9 Å². The van der Waals surface area contributed by atoms with Gasteiger partial charge >= 0.3 is 0 Å². The lowest BCUT2D eigenvalue weighted by atomic mass is 10.2. The molecule has 8 heteroatoms. The van der Waals surface area contributed by atoms with Crippen LogP contribution in [0.5, 0.6) is 11.5 Å². The largest absolute Gasteiger partial charge is 0.507 e. The zero-order chi connectivity index (χ0) is 17.1. The maximum Gasteiger partial charge on any atom is 0.216 e. The number of nitrogens with zero attached hydrogens (tertiary/aromatic N) is 3. The average molecular weight is 405 g/mol. The van der Waals surface area contributed by atoms with Gasteiger partial charge in [-0.3, -0.25) is 0 Å². The number of phenolic OH excluding ortho intramolecular Hbond substituents is 1. The number of methoxy groups -OCH3 is 1. The lowest BCUT2D eigenvalue weighted by molar-refractivity contribution is 0.415. The monoisotopic (exact) mass is 404 g/mol.